The second-order valence-electron chi connectivity index (χ2n) is 9.48. The normalized spacial score (nSPS) is 17.9. The zero-order chi connectivity index (χ0) is 28.0. The Morgan fingerprint density at radius 2 is 2.10 bits per heavy atom. The summed E-state index contributed by atoms with van der Waals surface area (Å²) in [5.41, 5.74) is 8.42. The highest BCUT2D eigenvalue weighted by Gasteiger charge is 2.40. The van der Waals surface area contributed by atoms with Crippen LogP contribution in [-0.2, 0) is 16.1 Å². The Kier molecular flexibility index (Phi) is 6.36. The molecule has 3 aliphatic rings. The molecule has 3 aromatic rings. The van der Waals surface area contributed by atoms with Gasteiger partial charge in [0.25, 0.3) is 0 Å². The van der Waals surface area contributed by atoms with Crippen molar-refractivity contribution >= 4 is 28.5 Å². The number of carbonyl (C=O) groups excluding carboxylic acids is 2. The van der Waals surface area contributed by atoms with Gasteiger partial charge in [-0.25, -0.2) is 19.3 Å². The van der Waals surface area contributed by atoms with E-state index in [1.54, 1.807) is 37.5 Å². The number of nitrogens with one attached hydrogen (secondary N) is 2. The number of halogens is 1. The molecular formula is C25H24FN11O3. The Bertz CT molecular complexity index is 1690. The molecule has 0 spiro atoms. The predicted molar refractivity (Wildman–Crippen MR) is 139 cm³/mol. The van der Waals surface area contributed by atoms with E-state index in [2.05, 4.69) is 40.5 Å². The lowest BCUT2D eigenvalue weighted by Gasteiger charge is -2.24. The molecule has 3 aliphatic heterocycles. The number of H-pyrrole nitrogens is 1. The molecule has 3 unspecified atom stereocenters. The van der Waals surface area contributed by atoms with E-state index in [0.717, 1.165) is 11.1 Å². The number of rotatable bonds is 6. The second-order valence-corrected chi connectivity index (χ2v) is 9.48. The lowest BCUT2D eigenvalue weighted by atomic mass is 10.0. The fraction of sp³-hybridized carbons (Fsp3) is 0.280. The van der Waals surface area contributed by atoms with E-state index in [1.807, 2.05) is 6.07 Å². The van der Waals surface area contributed by atoms with E-state index < -0.39 is 30.3 Å². The van der Waals surface area contributed by atoms with Crippen molar-refractivity contribution in [3.8, 4) is 22.6 Å². The number of benzene rings is 1. The largest absolute Gasteiger partial charge is 0.373 e. The highest BCUT2D eigenvalue weighted by Crippen LogP contribution is 2.29. The molecule has 15 heteroatoms. The van der Waals surface area contributed by atoms with Crippen LogP contribution in [0.3, 0.4) is 0 Å². The van der Waals surface area contributed by atoms with E-state index in [0.29, 0.717) is 28.2 Å². The van der Waals surface area contributed by atoms with Crippen molar-refractivity contribution in [3.63, 3.8) is 0 Å². The topological polar surface area (TPSA) is 194 Å². The molecule has 0 aliphatic carbocycles. The van der Waals surface area contributed by atoms with Gasteiger partial charge < -0.3 is 26.0 Å². The lowest BCUT2D eigenvalue weighted by Crippen LogP contribution is -2.44. The maximum absolute atomic E-state index is 14.6. The van der Waals surface area contributed by atoms with Gasteiger partial charge in [0.05, 0.1) is 24.5 Å². The van der Waals surface area contributed by atoms with Gasteiger partial charge in [0.2, 0.25) is 11.8 Å². The van der Waals surface area contributed by atoms with Gasteiger partial charge in [-0.2, -0.15) is 15.3 Å². The first-order valence-corrected chi connectivity index (χ1v) is 12.4. The summed E-state index contributed by atoms with van der Waals surface area (Å²) >= 11 is 0. The summed E-state index contributed by atoms with van der Waals surface area (Å²) in [6.07, 6.45) is 1.54. The molecule has 6 rings (SSSR count). The van der Waals surface area contributed by atoms with Gasteiger partial charge >= 0.3 is 0 Å². The molecule has 5 heterocycles. The Balaban J connectivity index is 1.26. The number of aryl methyl sites for hydroxylation is 1. The number of amides is 2. The zero-order valence-electron chi connectivity index (χ0n) is 21.2. The van der Waals surface area contributed by atoms with Gasteiger partial charge in [0, 0.05) is 17.4 Å². The summed E-state index contributed by atoms with van der Waals surface area (Å²) in [7, 11) is 0. The van der Waals surface area contributed by atoms with Crippen LogP contribution in [0.4, 0.5) is 10.2 Å². The first-order valence-electron chi connectivity index (χ1n) is 12.4. The molecule has 1 saturated heterocycles. The average Bonchev–Trinajstić information content (AvgIpc) is 3.66. The summed E-state index contributed by atoms with van der Waals surface area (Å²) in [6, 6.07) is 6.08. The molecule has 3 atom stereocenters. The summed E-state index contributed by atoms with van der Waals surface area (Å²) in [5, 5.41) is 25.5. The van der Waals surface area contributed by atoms with Crippen LogP contribution in [-0.4, -0.2) is 80.5 Å². The van der Waals surface area contributed by atoms with Crippen molar-refractivity contribution < 1.29 is 19.1 Å². The number of aromatic amines is 1. The van der Waals surface area contributed by atoms with E-state index in [1.165, 1.54) is 15.9 Å². The number of aliphatic hydroxyl groups is 1. The van der Waals surface area contributed by atoms with Crippen LogP contribution in [0.5, 0.6) is 0 Å². The number of aromatic nitrogens is 8. The average molecular weight is 546 g/mol. The third-order valence-electron chi connectivity index (χ3n) is 6.78. The standard InChI is InChI=1S/C25H24FN11O3/c1-12-32-23-21(28-11-29-23)24(33-12)34-25(40)18-7-15(26)9-36(18)19(38)10-37-17-3-2-13(14-4-5-30-31-8-14)6-16(17)20(35-37)22(27)39/h2-6,8,11,15,18,22,39H,7,9-10,27H2,1H3,(H2,28,29,32,33,34,40). The van der Waals surface area contributed by atoms with E-state index in [4.69, 9.17) is 5.73 Å². The van der Waals surface area contributed by atoms with E-state index in [9.17, 15) is 19.1 Å². The number of anilines is 1. The van der Waals surface area contributed by atoms with Gasteiger partial charge in [0.15, 0.2) is 11.5 Å². The number of hydrogen-bond acceptors (Lipinski definition) is 10. The minimum atomic E-state index is -1.40. The number of carbonyl (C=O) groups is 2. The van der Waals surface area contributed by atoms with Crippen LogP contribution in [0, 0.1) is 6.92 Å². The molecular weight excluding hydrogens is 521 g/mol. The summed E-state index contributed by atoms with van der Waals surface area (Å²) in [6.45, 7) is 1.16. The van der Waals surface area contributed by atoms with E-state index >= 15 is 0 Å². The minimum absolute atomic E-state index is 0.159. The molecule has 2 amide bonds. The molecule has 40 heavy (non-hydrogen) atoms. The Morgan fingerprint density at radius 1 is 1.25 bits per heavy atom. The van der Waals surface area contributed by atoms with Crippen LogP contribution in [0.2, 0.25) is 0 Å². The maximum Gasteiger partial charge on any atom is 0.248 e. The molecule has 2 aromatic heterocycles. The second kappa shape index (κ2) is 10.0. The van der Waals surface area contributed by atoms with Crippen molar-refractivity contribution in [1.29, 1.82) is 0 Å². The quantitative estimate of drug-likeness (QED) is 0.223. The number of aliphatic hydroxyl groups excluding tert-OH is 1. The van der Waals surface area contributed by atoms with Crippen LogP contribution < -0.4 is 11.1 Å². The monoisotopic (exact) mass is 545 g/mol. The molecule has 14 nitrogen and oxygen atoms in total. The van der Waals surface area contributed by atoms with E-state index in [-0.39, 0.29) is 31.0 Å². The van der Waals surface area contributed by atoms with Crippen molar-refractivity contribution in [2.75, 3.05) is 11.9 Å². The number of imidazole rings is 1. The number of alkyl halides is 1. The van der Waals surface area contributed by atoms with Gasteiger partial charge in [-0.1, -0.05) is 6.07 Å². The van der Waals surface area contributed by atoms with Crippen molar-refractivity contribution in [1.82, 2.24) is 44.8 Å². The SMILES string of the molecule is Cc1nc2ncnc-2c(NC(=O)C2CC(F)CN2C(=O)Cn2nc(C(N)O)c3cc(-c4ccnnc4)ccc32)[nH]1. The summed E-state index contributed by atoms with van der Waals surface area (Å²) < 4.78 is 16.0. The number of hydrogen-bond donors (Lipinski definition) is 4. The Hall–Kier alpha value is -4.89. The summed E-state index contributed by atoms with van der Waals surface area (Å²) in [4.78, 5) is 43.2. The first kappa shape index (κ1) is 25.4. The Morgan fingerprint density at radius 3 is 2.88 bits per heavy atom. The summed E-state index contributed by atoms with van der Waals surface area (Å²) in [5.74, 6) is 0.0235. The maximum atomic E-state index is 14.6. The van der Waals surface area contributed by atoms with Gasteiger partial charge in [-0.15, -0.1) is 0 Å². The molecule has 1 fully saturated rings. The fourth-order valence-electron chi connectivity index (χ4n) is 4.95. The van der Waals surface area contributed by atoms with Gasteiger partial charge in [0.1, 0.15) is 48.6 Å². The third-order valence-corrected chi connectivity index (χ3v) is 6.78. The Labute approximate surface area is 225 Å². The number of fused-ring (bicyclic) bond motifs is 2. The molecule has 0 saturated carbocycles. The first-order chi connectivity index (χ1) is 19.3. The fourth-order valence-corrected chi connectivity index (χ4v) is 4.95. The molecule has 1 aromatic carbocycles. The highest BCUT2D eigenvalue weighted by atomic mass is 19.1. The molecule has 0 radical (unpaired) electrons. The van der Waals surface area contributed by atoms with Crippen molar-refractivity contribution in [3.05, 3.63) is 54.5 Å². The highest BCUT2D eigenvalue weighted by molar-refractivity contribution is 5.99. The van der Waals surface area contributed by atoms with Crippen LogP contribution >= 0.6 is 0 Å². The van der Waals surface area contributed by atoms with Crippen molar-refractivity contribution in [2.45, 2.75) is 38.3 Å². The van der Waals surface area contributed by atoms with Gasteiger partial charge in [-0.05, 0) is 30.7 Å². The number of nitrogens with two attached hydrogens (primary N) is 1. The van der Waals surface area contributed by atoms with Crippen LogP contribution in [0.15, 0.2) is 43.0 Å². The predicted octanol–water partition coefficient (Wildman–Crippen LogP) is 0.947. The van der Waals surface area contributed by atoms with Crippen LogP contribution in [0.25, 0.3) is 33.5 Å². The van der Waals surface area contributed by atoms with Crippen molar-refractivity contribution in [2.24, 2.45) is 5.73 Å². The number of likely N-dealkylation sites (tertiary alicyclic amines) is 1. The third kappa shape index (κ3) is 4.60. The van der Waals surface area contributed by atoms with Gasteiger partial charge in [-0.3, -0.25) is 14.3 Å². The molecule has 204 valence electrons. The minimum Gasteiger partial charge on any atom is -0.373 e. The molecule has 0 bridgehead atoms. The smallest absolute Gasteiger partial charge is 0.248 e. The van der Waals surface area contributed by atoms with Crippen LogP contribution in [0.1, 0.15) is 24.2 Å². The zero-order valence-corrected chi connectivity index (χ0v) is 21.2. The number of nitrogens with zero attached hydrogens (tertiary/aromatic N) is 8. The lowest BCUT2D eigenvalue weighted by molar-refractivity contribution is -0.137. The molecule has 5 N–H and O–H groups in total.